The Bertz CT molecular complexity index is 1160. The average Bonchev–Trinajstić information content (AvgIpc) is 2.79. The molecule has 0 bridgehead atoms. The second-order valence-electron chi connectivity index (χ2n) is 7.96. The van der Waals surface area contributed by atoms with Crippen molar-refractivity contribution in [3.05, 3.63) is 35.7 Å². The van der Waals surface area contributed by atoms with Crippen molar-refractivity contribution in [3.8, 4) is 0 Å². The minimum atomic E-state index is -3.41. The van der Waals surface area contributed by atoms with Crippen LogP contribution in [-0.2, 0) is 21.0 Å². The van der Waals surface area contributed by atoms with Gasteiger partial charge in [-0.15, -0.1) is 0 Å². The quantitative estimate of drug-likeness (QED) is 0.505. The highest BCUT2D eigenvalue weighted by Crippen LogP contribution is 2.26. The van der Waals surface area contributed by atoms with Crippen LogP contribution in [0.15, 0.2) is 29.2 Å². The van der Waals surface area contributed by atoms with Crippen molar-refractivity contribution in [2.75, 3.05) is 36.6 Å². The number of nitrogens with zero attached hydrogens (tertiary/aromatic N) is 3. The van der Waals surface area contributed by atoms with E-state index in [0.717, 1.165) is 6.26 Å². The molecule has 1 aromatic heterocycles. The van der Waals surface area contributed by atoms with E-state index in [4.69, 9.17) is 10.5 Å². The number of carbonyl (C=O) groups is 2. The number of rotatable bonds is 8. The van der Waals surface area contributed by atoms with E-state index in [-0.39, 0.29) is 28.5 Å². The molecule has 0 aliphatic carbocycles. The van der Waals surface area contributed by atoms with Crippen LogP contribution in [0.25, 0.3) is 0 Å². The van der Waals surface area contributed by atoms with Gasteiger partial charge in [-0.05, 0) is 44.4 Å². The molecule has 0 saturated carbocycles. The van der Waals surface area contributed by atoms with Crippen molar-refractivity contribution in [3.63, 3.8) is 0 Å². The number of aromatic nitrogens is 2. The topological polar surface area (TPSA) is 157 Å². The molecule has 1 aliphatic heterocycles. The number of amides is 2. The van der Waals surface area contributed by atoms with Crippen molar-refractivity contribution in [1.29, 1.82) is 0 Å². The van der Waals surface area contributed by atoms with Crippen LogP contribution in [0.3, 0.4) is 0 Å². The molecule has 0 unspecified atom stereocenters. The number of hydrogen-bond acceptors (Lipinski definition) is 9. The van der Waals surface area contributed by atoms with Gasteiger partial charge in [-0.25, -0.2) is 23.2 Å². The highest BCUT2D eigenvalue weighted by atomic mass is 32.2. The summed E-state index contributed by atoms with van der Waals surface area (Å²) in [7, 11) is -3.41. The van der Waals surface area contributed by atoms with Crippen molar-refractivity contribution in [1.82, 2.24) is 14.9 Å². The van der Waals surface area contributed by atoms with Gasteiger partial charge in [-0.3, -0.25) is 4.79 Å². The molecule has 1 saturated heterocycles. The normalized spacial score (nSPS) is 14.5. The van der Waals surface area contributed by atoms with Gasteiger partial charge < -0.3 is 26.0 Å². The van der Waals surface area contributed by atoms with E-state index < -0.39 is 15.7 Å². The molecule has 2 aromatic rings. The molecule has 0 radical (unpaired) electrons. The second-order valence-corrected chi connectivity index (χ2v) is 9.98. The third-order valence-electron chi connectivity index (χ3n) is 5.42. The molecule has 34 heavy (non-hydrogen) atoms. The summed E-state index contributed by atoms with van der Waals surface area (Å²) in [5.74, 6) is -0.121. The number of aryl methyl sites for hydroxylation is 1. The Hall–Kier alpha value is -3.41. The van der Waals surface area contributed by atoms with Crippen molar-refractivity contribution in [2.45, 2.75) is 44.0 Å². The van der Waals surface area contributed by atoms with E-state index >= 15 is 0 Å². The average molecular weight is 491 g/mol. The lowest BCUT2D eigenvalue weighted by molar-refractivity contribution is 0.0980. The summed E-state index contributed by atoms with van der Waals surface area (Å²) >= 11 is 0. The SMILES string of the molecule is CCOC(=O)N1CCC(Nc2nc(Nc3cccc(S(C)(=O)=O)c3)c(C(N)=O)nc2CC)CC1. The van der Waals surface area contributed by atoms with Crippen LogP contribution < -0.4 is 16.4 Å². The molecular formula is C22H30N6O5S. The standard InChI is InChI=1S/C22H30N6O5S/c1-4-17-20(24-14-9-11-28(12-10-14)22(30)33-5-2)27-21(18(26-17)19(23)29)25-15-7-6-8-16(13-15)34(3,31)32/h6-8,13-14H,4-5,9-12H2,1-3H3,(H2,23,29)(H2,24,25,27). The number of piperidine rings is 1. The first-order valence-electron chi connectivity index (χ1n) is 11.1. The van der Waals surface area contributed by atoms with E-state index in [9.17, 15) is 18.0 Å². The van der Waals surface area contributed by atoms with Gasteiger partial charge in [0, 0.05) is 31.1 Å². The van der Waals surface area contributed by atoms with Crippen LogP contribution in [0.4, 0.5) is 22.1 Å². The number of likely N-dealkylation sites (tertiary alicyclic amines) is 1. The maximum absolute atomic E-state index is 12.1. The van der Waals surface area contributed by atoms with Gasteiger partial charge in [0.15, 0.2) is 27.2 Å². The van der Waals surface area contributed by atoms with Gasteiger partial charge in [0.2, 0.25) is 0 Å². The molecular weight excluding hydrogens is 460 g/mol. The lowest BCUT2D eigenvalue weighted by Gasteiger charge is -2.32. The number of sulfone groups is 1. The van der Waals surface area contributed by atoms with Gasteiger partial charge >= 0.3 is 6.09 Å². The molecule has 1 fully saturated rings. The van der Waals surface area contributed by atoms with Gasteiger partial charge in [-0.2, -0.15) is 0 Å². The number of benzene rings is 1. The maximum Gasteiger partial charge on any atom is 0.409 e. The first kappa shape index (κ1) is 25.2. The van der Waals surface area contributed by atoms with Gasteiger partial charge in [0.25, 0.3) is 5.91 Å². The molecule has 0 atom stereocenters. The Morgan fingerprint density at radius 1 is 1.18 bits per heavy atom. The Morgan fingerprint density at radius 2 is 1.88 bits per heavy atom. The molecule has 2 amide bonds. The minimum Gasteiger partial charge on any atom is -0.450 e. The van der Waals surface area contributed by atoms with Crippen molar-refractivity contribution >= 4 is 39.2 Å². The van der Waals surface area contributed by atoms with Crippen molar-refractivity contribution in [2.24, 2.45) is 5.73 Å². The molecule has 3 rings (SSSR count). The van der Waals surface area contributed by atoms with Gasteiger partial charge in [-0.1, -0.05) is 13.0 Å². The Balaban J connectivity index is 1.85. The number of hydrogen-bond donors (Lipinski definition) is 3. The van der Waals surface area contributed by atoms with E-state index in [1.165, 1.54) is 12.1 Å². The van der Waals surface area contributed by atoms with E-state index in [2.05, 4.69) is 20.6 Å². The Labute approximate surface area is 199 Å². The smallest absolute Gasteiger partial charge is 0.409 e. The maximum atomic E-state index is 12.1. The molecule has 0 spiro atoms. The zero-order valence-electron chi connectivity index (χ0n) is 19.5. The van der Waals surface area contributed by atoms with E-state index in [0.29, 0.717) is 56.2 Å². The third kappa shape index (κ3) is 6.13. The number of carbonyl (C=O) groups excluding carboxylic acids is 2. The van der Waals surface area contributed by atoms with Crippen LogP contribution in [-0.4, -0.2) is 67.3 Å². The van der Waals surface area contributed by atoms with Crippen LogP contribution in [0.5, 0.6) is 0 Å². The fourth-order valence-electron chi connectivity index (χ4n) is 3.65. The molecule has 12 heteroatoms. The lowest BCUT2D eigenvalue weighted by Crippen LogP contribution is -2.42. The predicted molar refractivity (Wildman–Crippen MR) is 128 cm³/mol. The number of anilines is 3. The monoisotopic (exact) mass is 490 g/mol. The van der Waals surface area contributed by atoms with Gasteiger partial charge in [0.05, 0.1) is 17.2 Å². The zero-order chi connectivity index (χ0) is 24.9. The lowest BCUT2D eigenvalue weighted by atomic mass is 10.1. The number of nitrogens with one attached hydrogen (secondary N) is 2. The summed E-state index contributed by atoms with van der Waals surface area (Å²) in [4.78, 5) is 34.8. The minimum absolute atomic E-state index is 0.0377. The Kier molecular flexibility index (Phi) is 7.92. The fourth-order valence-corrected chi connectivity index (χ4v) is 4.31. The summed E-state index contributed by atoms with van der Waals surface area (Å²) in [6, 6.07) is 6.23. The predicted octanol–water partition coefficient (Wildman–Crippen LogP) is 2.32. The zero-order valence-corrected chi connectivity index (χ0v) is 20.3. The second kappa shape index (κ2) is 10.7. The first-order chi connectivity index (χ1) is 16.1. The van der Waals surface area contributed by atoms with Gasteiger partial charge in [0.1, 0.15) is 0 Å². The van der Waals surface area contributed by atoms with Crippen LogP contribution >= 0.6 is 0 Å². The largest absolute Gasteiger partial charge is 0.450 e. The van der Waals surface area contributed by atoms with Crippen LogP contribution in [0.1, 0.15) is 42.9 Å². The molecule has 2 heterocycles. The molecule has 1 aromatic carbocycles. The van der Waals surface area contributed by atoms with Crippen LogP contribution in [0, 0.1) is 0 Å². The highest BCUT2D eigenvalue weighted by Gasteiger charge is 2.25. The summed E-state index contributed by atoms with van der Waals surface area (Å²) in [6.07, 6.45) is 2.71. The van der Waals surface area contributed by atoms with E-state index in [1.54, 1.807) is 24.0 Å². The number of nitrogens with two attached hydrogens (primary N) is 1. The van der Waals surface area contributed by atoms with E-state index in [1.807, 2.05) is 6.92 Å². The van der Waals surface area contributed by atoms with Crippen molar-refractivity contribution < 1.29 is 22.7 Å². The number of primary amides is 1. The molecule has 4 N–H and O–H groups in total. The highest BCUT2D eigenvalue weighted by molar-refractivity contribution is 7.90. The summed E-state index contributed by atoms with van der Waals surface area (Å²) in [6.45, 7) is 5.10. The summed E-state index contributed by atoms with van der Waals surface area (Å²) in [5.41, 5.74) is 6.52. The molecule has 184 valence electrons. The summed E-state index contributed by atoms with van der Waals surface area (Å²) < 4.78 is 28.9. The molecule has 1 aliphatic rings. The summed E-state index contributed by atoms with van der Waals surface area (Å²) in [5, 5.41) is 6.36. The Morgan fingerprint density at radius 3 is 2.47 bits per heavy atom. The first-order valence-corrected chi connectivity index (χ1v) is 13.0. The van der Waals surface area contributed by atoms with Crippen LogP contribution in [0.2, 0.25) is 0 Å². The number of ether oxygens (including phenoxy) is 1. The molecule has 11 nitrogen and oxygen atoms in total. The third-order valence-corrected chi connectivity index (χ3v) is 6.53. The fraction of sp³-hybridized carbons (Fsp3) is 0.455.